The fourth-order valence-electron chi connectivity index (χ4n) is 10.2. The van der Waals surface area contributed by atoms with Gasteiger partial charge in [0.05, 0.1) is 65.0 Å². The molecular weight excluding hydrogens is 1300 g/mol. The number of amides is 9. The summed E-state index contributed by atoms with van der Waals surface area (Å²) in [6.45, 7) is 3.30. The van der Waals surface area contributed by atoms with Crippen LogP contribution in [0.5, 0.6) is 0 Å². The molecule has 3 fully saturated rings. The van der Waals surface area contributed by atoms with Gasteiger partial charge in [-0.2, -0.15) is 0 Å². The normalized spacial score (nSPS) is 25.5. The van der Waals surface area contributed by atoms with Gasteiger partial charge in [0.15, 0.2) is 18.9 Å². The molecule has 0 unspecified atom stereocenters. The van der Waals surface area contributed by atoms with Crippen LogP contribution in [0.25, 0.3) is 0 Å². The molecule has 3 heterocycles. The van der Waals surface area contributed by atoms with E-state index in [0.717, 1.165) is 0 Å². The Labute approximate surface area is 570 Å². The standard InChI is InChI=1S/C61H110N10O27/c1-37(75)69-49-55(87)52(84)40(31-72)96-58(49)93-25-7-4-13-43(78)63-19-10-22-66-46(81)16-28-90-34-61(62,35-91-29-17-47(82)67-23-11-20-64-44(79)14-5-8-26-94-59-50(70-38(2)76)56(88)53(85)41(32-73)97-59)36-92-30-18-48(83)68-24-12-21-65-45(80)15-6-9-27-95-60-51(71-39(3)77)57(89)54(86)42(33-74)98-60/h40-42,49-60,72-74,84-89H,4-36,62H2,1-3H3,(H,63,78)(H,64,79)(H,65,80)(H,66,81)(H,67,82)(H,68,83)(H,69,75)(H,70,76)(H,71,77)/t40-,41-,42-,49-,50-,51-,52+,53+,54+,55-,56-,57-,58-,59+,60+/m1/s1. The Morgan fingerprint density at radius 1 is 0.347 bits per heavy atom. The lowest BCUT2D eigenvalue weighted by Crippen LogP contribution is -2.64. The van der Waals surface area contributed by atoms with Gasteiger partial charge in [0.1, 0.15) is 73.1 Å². The van der Waals surface area contributed by atoms with Crippen LogP contribution in [0.4, 0.5) is 0 Å². The highest BCUT2D eigenvalue weighted by molar-refractivity contribution is 5.78. The predicted octanol–water partition coefficient (Wildman–Crippen LogP) is -7.84. The number of nitrogens with two attached hydrogens (primary N) is 1. The maximum absolute atomic E-state index is 12.7. The third-order valence-electron chi connectivity index (χ3n) is 15.6. The molecule has 0 bridgehead atoms. The average Bonchev–Trinajstić information content (AvgIpc) is 0.825. The topological polar surface area (TPSA) is 553 Å². The van der Waals surface area contributed by atoms with E-state index in [1.807, 2.05) is 0 Å². The largest absolute Gasteiger partial charge is 0.394 e. The van der Waals surface area contributed by atoms with Crippen molar-refractivity contribution in [3.05, 3.63) is 0 Å². The van der Waals surface area contributed by atoms with Crippen molar-refractivity contribution in [2.75, 3.05) is 119 Å². The maximum atomic E-state index is 12.7. The highest BCUT2D eigenvalue weighted by Gasteiger charge is 2.48. The van der Waals surface area contributed by atoms with Gasteiger partial charge in [0.2, 0.25) is 53.2 Å². The molecule has 15 atom stereocenters. The molecule has 20 N–H and O–H groups in total. The van der Waals surface area contributed by atoms with Crippen molar-refractivity contribution in [2.45, 2.75) is 215 Å². The van der Waals surface area contributed by atoms with E-state index in [4.69, 9.17) is 48.4 Å². The van der Waals surface area contributed by atoms with Crippen LogP contribution < -0.4 is 53.6 Å². The summed E-state index contributed by atoms with van der Waals surface area (Å²) >= 11 is 0. The second kappa shape index (κ2) is 49.1. The number of carbonyl (C=O) groups is 9. The third kappa shape index (κ3) is 34.7. The molecule has 37 heteroatoms. The number of ether oxygens (including phenoxy) is 9. The quantitative estimate of drug-likeness (QED) is 0.0252. The van der Waals surface area contributed by atoms with E-state index >= 15 is 0 Å². The Morgan fingerprint density at radius 2 is 0.582 bits per heavy atom. The van der Waals surface area contributed by atoms with E-state index in [0.29, 0.717) is 57.8 Å². The number of hydrogen-bond donors (Lipinski definition) is 19. The van der Waals surface area contributed by atoms with Crippen LogP contribution in [0, 0.1) is 0 Å². The summed E-state index contributed by atoms with van der Waals surface area (Å²) in [7, 11) is 0. The van der Waals surface area contributed by atoms with Crippen LogP contribution in [-0.4, -0.2) is 315 Å². The lowest BCUT2D eigenvalue weighted by molar-refractivity contribution is -0.270. The number of carbonyl (C=O) groups excluding carboxylic acids is 9. The van der Waals surface area contributed by atoms with Crippen molar-refractivity contribution in [3.63, 3.8) is 0 Å². The average molecular weight is 1420 g/mol. The van der Waals surface area contributed by atoms with Crippen LogP contribution in [0.15, 0.2) is 0 Å². The summed E-state index contributed by atoms with van der Waals surface area (Å²) in [6.07, 6.45) is -11.2. The summed E-state index contributed by atoms with van der Waals surface area (Å²) in [5, 5.41) is 114. The number of aliphatic hydroxyl groups is 9. The van der Waals surface area contributed by atoms with Gasteiger partial charge in [-0.05, 0) is 57.8 Å². The fourth-order valence-corrected chi connectivity index (χ4v) is 10.2. The molecule has 566 valence electrons. The lowest BCUT2D eigenvalue weighted by Gasteiger charge is -2.42. The number of rotatable bonds is 51. The monoisotopic (exact) mass is 1410 g/mol. The maximum Gasteiger partial charge on any atom is 0.222 e. The molecule has 0 spiro atoms. The number of nitrogens with one attached hydrogen (secondary N) is 9. The van der Waals surface area contributed by atoms with Crippen molar-refractivity contribution >= 4 is 53.2 Å². The van der Waals surface area contributed by atoms with Crippen molar-refractivity contribution in [3.8, 4) is 0 Å². The second-order valence-electron chi connectivity index (χ2n) is 24.2. The van der Waals surface area contributed by atoms with Crippen molar-refractivity contribution in [1.82, 2.24) is 47.9 Å². The minimum absolute atomic E-state index is 0.0371. The molecule has 98 heavy (non-hydrogen) atoms. The van der Waals surface area contributed by atoms with Gasteiger partial charge in [-0.15, -0.1) is 0 Å². The van der Waals surface area contributed by atoms with Gasteiger partial charge >= 0.3 is 0 Å². The van der Waals surface area contributed by atoms with Gasteiger partial charge in [-0.3, -0.25) is 43.2 Å². The number of unbranched alkanes of at least 4 members (excludes halogenated alkanes) is 3. The van der Waals surface area contributed by atoms with Crippen LogP contribution in [-0.2, 0) is 85.8 Å². The SMILES string of the molecule is CC(=O)N[C@H]1[C@H](OCCCCC(=O)NCCCNC(=O)CCOCC(N)(COCCC(=O)NCCCNC(=O)CCCCO[C@H]2O[C@H](CO)[C@H](O)[C@H](O)[C@H]2NC(C)=O)COCCC(=O)NCCCNC(=O)CCCCO[C@H]2O[C@H](CO)[C@H](O)[C@H](O)[C@H]2NC(C)=O)O[C@H](CO)[C@H](O)[C@@H]1O. The number of hydrogen-bond acceptors (Lipinski definition) is 28. The van der Waals surface area contributed by atoms with Crippen LogP contribution >= 0.6 is 0 Å². The molecule has 3 aliphatic rings. The lowest BCUT2D eigenvalue weighted by atomic mass is 9.97. The Morgan fingerprint density at radius 3 is 0.806 bits per heavy atom. The van der Waals surface area contributed by atoms with E-state index < -0.39 is 135 Å². The van der Waals surface area contributed by atoms with E-state index in [2.05, 4.69) is 47.9 Å². The molecule has 0 aliphatic carbocycles. The van der Waals surface area contributed by atoms with Gasteiger partial charge in [0, 0.05) is 118 Å². The highest BCUT2D eigenvalue weighted by atomic mass is 16.7. The third-order valence-corrected chi connectivity index (χ3v) is 15.6. The Balaban J connectivity index is 1.34. The zero-order valence-electron chi connectivity index (χ0n) is 56.4. The van der Waals surface area contributed by atoms with E-state index in [1.54, 1.807) is 0 Å². The van der Waals surface area contributed by atoms with Gasteiger partial charge < -0.3 is 142 Å². The molecular formula is C61H110N10O27. The van der Waals surface area contributed by atoms with Crippen LogP contribution in [0.1, 0.15) is 117 Å². The molecule has 0 aromatic rings. The first-order valence-electron chi connectivity index (χ1n) is 33.5. The molecule has 0 aromatic heterocycles. The van der Waals surface area contributed by atoms with Crippen LogP contribution in [0.2, 0.25) is 0 Å². The minimum Gasteiger partial charge on any atom is -0.394 e. The van der Waals surface area contributed by atoms with Crippen molar-refractivity contribution < 1.29 is 132 Å². The molecule has 3 saturated heterocycles. The Kier molecular flexibility index (Phi) is 43.4. The van der Waals surface area contributed by atoms with Gasteiger partial charge in [0.25, 0.3) is 0 Å². The zero-order chi connectivity index (χ0) is 72.4. The molecule has 9 amide bonds. The summed E-state index contributed by atoms with van der Waals surface area (Å²) in [5.74, 6) is -3.12. The molecule has 3 rings (SSSR count). The van der Waals surface area contributed by atoms with Gasteiger partial charge in [-0.25, -0.2) is 0 Å². The summed E-state index contributed by atoms with van der Waals surface area (Å²) in [4.78, 5) is 110. The molecule has 0 saturated carbocycles. The first-order chi connectivity index (χ1) is 46.8. The molecule has 37 nitrogen and oxygen atoms in total. The number of aliphatic hydroxyl groups excluding tert-OH is 9. The van der Waals surface area contributed by atoms with Crippen LogP contribution in [0.3, 0.4) is 0 Å². The predicted molar refractivity (Wildman–Crippen MR) is 341 cm³/mol. The van der Waals surface area contributed by atoms with E-state index in [1.165, 1.54) is 20.8 Å². The zero-order valence-corrected chi connectivity index (χ0v) is 56.4. The first-order valence-corrected chi connectivity index (χ1v) is 33.5. The fraction of sp³-hybridized carbons (Fsp3) is 0.852. The Bertz CT molecular complexity index is 2110. The van der Waals surface area contributed by atoms with E-state index in [9.17, 15) is 89.1 Å². The second-order valence-corrected chi connectivity index (χ2v) is 24.2. The minimum atomic E-state index is -1.44. The van der Waals surface area contributed by atoms with Crippen molar-refractivity contribution in [2.24, 2.45) is 5.73 Å². The highest BCUT2D eigenvalue weighted by Crippen LogP contribution is 2.25. The Hall–Kier alpha value is -5.53. The van der Waals surface area contributed by atoms with E-state index in [-0.39, 0.29) is 173 Å². The summed E-state index contributed by atoms with van der Waals surface area (Å²) in [6, 6.07) is -3.23. The molecule has 3 aliphatic heterocycles. The first kappa shape index (κ1) is 86.7. The summed E-state index contributed by atoms with van der Waals surface area (Å²) in [5.41, 5.74) is 5.39. The molecule has 0 aromatic carbocycles. The van der Waals surface area contributed by atoms with Crippen molar-refractivity contribution in [1.29, 1.82) is 0 Å². The van der Waals surface area contributed by atoms with Gasteiger partial charge in [-0.1, -0.05) is 0 Å². The smallest absolute Gasteiger partial charge is 0.222 e. The summed E-state index contributed by atoms with van der Waals surface area (Å²) < 4.78 is 51.0. The molecule has 0 radical (unpaired) electrons.